The van der Waals surface area contributed by atoms with E-state index in [4.69, 9.17) is 18.6 Å². The molecule has 0 N–H and O–H groups in total. The van der Waals surface area contributed by atoms with E-state index in [0.717, 1.165) is 11.3 Å². The molecule has 4 nitrogen and oxygen atoms in total. The molecule has 0 radical (unpaired) electrons. The highest BCUT2D eigenvalue weighted by Crippen LogP contribution is 2.33. The molecule has 0 amide bonds. The van der Waals surface area contributed by atoms with Gasteiger partial charge in [0.1, 0.15) is 5.76 Å². The van der Waals surface area contributed by atoms with Crippen molar-refractivity contribution in [3.05, 3.63) is 23.4 Å². The van der Waals surface area contributed by atoms with Gasteiger partial charge in [0, 0.05) is 13.5 Å². The largest absolute Gasteiger partial charge is 0.519 e. The molecule has 1 unspecified atom stereocenters. The summed E-state index contributed by atoms with van der Waals surface area (Å²) in [4.78, 5) is 0. The molecule has 98 valence electrons. The van der Waals surface area contributed by atoms with Crippen molar-refractivity contribution in [3.63, 3.8) is 0 Å². The molecule has 0 aromatic heterocycles. The predicted octanol–water partition coefficient (Wildman–Crippen LogP) is 2.99. The fraction of sp³-hybridized carbons (Fsp3) is 0.667. The summed E-state index contributed by atoms with van der Waals surface area (Å²) in [5, 5.41) is 0. The standard InChI is InChI=1S/C12H22O4Si/c1-7-10(13-2)9-8-11(14-3)15-12(9)16-17(4,5)6/h7,11H,8H2,1-6H3/b10-7+. The van der Waals surface area contributed by atoms with Gasteiger partial charge in [-0.15, -0.1) is 0 Å². The average molecular weight is 258 g/mol. The van der Waals surface area contributed by atoms with E-state index in [1.54, 1.807) is 14.2 Å². The number of methoxy groups -OCH3 is 2. The van der Waals surface area contributed by atoms with Crippen LogP contribution in [0.5, 0.6) is 0 Å². The Balaban J connectivity index is 2.94. The lowest BCUT2D eigenvalue weighted by atomic mass is 10.2. The van der Waals surface area contributed by atoms with E-state index in [-0.39, 0.29) is 6.29 Å². The highest BCUT2D eigenvalue weighted by molar-refractivity contribution is 6.70. The number of allylic oxidation sites excluding steroid dienone is 2. The Morgan fingerprint density at radius 1 is 1.35 bits per heavy atom. The summed E-state index contributed by atoms with van der Waals surface area (Å²) in [6.45, 7) is 8.27. The van der Waals surface area contributed by atoms with Gasteiger partial charge in [0.25, 0.3) is 5.95 Å². The van der Waals surface area contributed by atoms with Crippen LogP contribution in [0.25, 0.3) is 0 Å². The Bertz CT molecular complexity index is 328. The summed E-state index contributed by atoms with van der Waals surface area (Å²) in [6.07, 6.45) is 2.29. The molecular weight excluding hydrogens is 236 g/mol. The van der Waals surface area contributed by atoms with E-state index in [9.17, 15) is 0 Å². The maximum Gasteiger partial charge on any atom is 0.275 e. The first-order chi connectivity index (χ1) is 7.91. The third kappa shape index (κ3) is 3.78. The van der Waals surface area contributed by atoms with Gasteiger partial charge in [-0.25, -0.2) is 0 Å². The van der Waals surface area contributed by atoms with Crippen molar-refractivity contribution in [2.24, 2.45) is 0 Å². The molecule has 1 aliphatic heterocycles. The van der Waals surface area contributed by atoms with Crippen molar-refractivity contribution in [2.75, 3.05) is 14.2 Å². The predicted molar refractivity (Wildman–Crippen MR) is 68.7 cm³/mol. The Kier molecular flexibility index (Phi) is 4.65. The van der Waals surface area contributed by atoms with Gasteiger partial charge in [0.05, 0.1) is 12.7 Å². The van der Waals surface area contributed by atoms with E-state index in [2.05, 4.69) is 19.6 Å². The quantitative estimate of drug-likeness (QED) is 0.561. The van der Waals surface area contributed by atoms with Crippen LogP contribution in [0.2, 0.25) is 19.6 Å². The molecule has 0 aromatic rings. The second kappa shape index (κ2) is 5.60. The molecule has 0 aromatic carbocycles. The lowest BCUT2D eigenvalue weighted by Gasteiger charge is -2.21. The van der Waals surface area contributed by atoms with E-state index >= 15 is 0 Å². The molecule has 17 heavy (non-hydrogen) atoms. The van der Waals surface area contributed by atoms with Gasteiger partial charge in [0.2, 0.25) is 14.6 Å². The molecule has 0 saturated carbocycles. The average Bonchev–Trinajstić information content (AvgIpc) is 2.61. The van der Waals surface area contributed by atoms with Gasteiger partial charge in [0.15, 0.2) is 0 Å². The first-order valence-electron chi connectivity index (χ1n) is 5.73. The van der Waals surface area contributed by atoms with Crippen LogP contribution in [-0.2, 0) is 18.6 Å². The minimum atomic E-state index is -1.70. The van der Waals surface area contributed by atoms with Gasteiger partial charge in [-0.3, -0.25) is 0 Å². The fourth-order valence-electron chi connectivity index (χ4n) is 1.59. The van der Waals surface area contributed by atoms with E-state index in [1.807, 2.05) is 13.0 Å². The molecular formula is C12H22O4Si. The van der Waals surface area contributed by atoms with E-state index < -0.39 is 8.32 Å². The maximum absolute atomic E-state index is 5.92. The van der Waals surface area contributed by atoms with Crippen molar-refractivity contribution in [1.29, 1.82) is 0 Å². The van der Waals surface area contributed by atoms with Crippen LogP contribution < -0.4 is 0 Å². The van der Waals surface area contributed by atoms with Crippen LogP contribution in [0.1, 0.15) is 13.3 Å². The number of ether oxygens (including phenoxy) is 3. The van der Waals surface area contributed by atoms with Gasteiger partial charge in [-0.2, -0.15) is 0 Å². The highest BCUT2D eigenvalue weighted by atomic mass is 28.4. The van der Waals surface area contributed by atoms with Crippen LogP contribution in [-0.4, -0.2) is 28.8 Å². The van der Waals surface area contributed by atoms with Gasteiger partial charge in [-0.05, 0) is 32.6 Å². The second-order valence-electron chi connectivity index (χ2n) is 4.82. The Morgan fingerprint density at radius 2 is 2.00 bits per heavy atom. The molecule has 1 atom stereocenters. The minimum Gasteiger partial charge on any atom is -0.519 e. The maximum atomic E-state index is 5.92. The topological polar surface area (TPSA) is 36.9 Å². The lowest BCUT2D eigenvalue weighted by Crippen LogP contribution is -2.26. The minimum absolute atomic E-state index is 0.276. The first kappa shape index (κ1) is 14.1. The van der Waals surface area contributed by atoms with E-state index in [1.165, 1.54) is 0 Å². The Morgan fingerprint density at radius 3 is 2.41 bits per heavy atom. The Labute approximate surface area is 104 Å². The lowest BCUT2D eigenvalue weighted by molar-refractivity contribution is -0.0997. The third-order valence-corrected chi connectivity index (χ3v) is 3.09. The summed E-state index contributed by atoms with van der Waals surface area (Å²) in [5.41, 5.74) is 0.948. The highest BCUT2D eigenvalue weighted by Gasteiger charge is 2.32. The Hall–Kier alpha value is -0.943. The third-order valence-electron chi connectivity index (χ3n) is 2.30. The summed E-state index contributed by atoms with van der Waals surface area (Å²) in [5.74, 6) is 1.35. The molecule has 1 heterocycles. The summed E-state index contributed by atoms with van der Waals surface area (Å²) < 4.78 is 22.1. The van der Waals surface area contributed by atoms with Crippen molar-refractivity contribution in [3.8, 4) is 0 Å². The molecule has 0 bridgehead atoms. The molecule has 0 saturated heterocycles. The first-order valence-corrected chi connectivity index (χ1v) is 9.14. The SMILES string of the molecule is C/C=C(/OC)C1=C(O[Si](C)(C)C)OC(OC)C1. The molecule has 1 rings (SSSR count). The van der Waals surface area contributed by atoms with Gasteiger partial charge < -0.3 is 18.6 Å². The smallest absolute Gasteiger partial charge is 0.275 e. The summed E-state index contributed by atoms with van der Waals surface area (Å²) in [7, 11) is 1.58. The fourth-order valence-corrected chi connectivity index (χ4v) is 2.32. The van der Waals surface area contributed by atoms with Crippen LogP contribution in [0.4, 0.5) is 0 Å². The van der Waals surface area contributed by atoms with Crippen LogP contribution in [0, 0.1) is 0 Å². The van der Waals surface area contributed by atoms with Gasteiger partial charge >= 0.3 is 0 Å². The van der Waals surface area contributed by atoms with Gasteiger partial charge in [-0.1, -0.05) is 0 Å². The second-order valence-corrected chi connectivity index (χ2v) is 9.25. The zero-order valence-corrected chi connectivity index (χ0v) is 12.5. The van der Waals surface area contributed by atoms with Crippen molar-refractivity contribution in [1.82, 2.24) is 0 Å². The van der Waals surface area contributed by atoms with E-state index in [0.29, 0.717) is 12.4 Å². The molecule has 0 spiro atoms. The molecule has 0 fully saturated rings. The zero-order chi connectivity index (χ0) is 13.1. The number of hydrogen-bond donors (Lipinski definition) is 0. The number of hydrogen-bond acceptors (Lipinski definition) is 4. The normalized spacial score (nSPS) is 21.5. The summed E-state index contributed by atoms with van der Waals surface area (Å²) in [6, 6.07) is 0. The van der Waals surface area contributed by atoms with Crippen molar-refractivity contribution >= 4 is 8.32 Å². The zero-order valence-electron chi connectivity index (χ0n) is 11.5. The van der Waals surface area contributed by atoms with Crippen LogP contribution >= 0.6 is 0 Å². The molecule has 0 aliphatic carbocycles. The molecule has 5 heteroatoms. The monoisotopic (exact) mass is 258 g/mol. The van der Waals surface area contributed by atoms with Crippen molar-refractivity contribution in [2.45, 2.75) is 39.3 Å². The van der Waals surface area contributed by atoms with Crippen molar-refractivity contribution < 1.29 is 18.6 Å². The number of rotatable bonds is 5. The summed E-state index contributed by atoms with van der Waals surface area (Å²) >= 11 is 0. The van der Waals surface area contributed by atoms with Crippen LogP contribution in [0.15, 0.2) is 23.4 Å². The van der Waals surface area contributed by atoms with Crippen LogP contribution in [0.3, 0.4) is 0 Å². The molecule has 1 aliphatic rings.